The number of alkyl halides is 1. The zero-order chi connectivity index (χ0) is 9.97. The monoisotopic (exact) mass is 211 g/mol. The summed E-state index contributed by atoms with van der Waals surface area (Å²) in [4.78, 5) is 2.25. The minimum absolute atomic E-state index is 0.611. The fraction of sp³-hybridized carbons (Fsp3) is 0.600. The smallest absolute Gasteiger partial charge is 0.151 e. The van der Waals surface area contributed by atoms with E-state index >= 15 is 0 Å². The predicted molar refractivity (Wildman–Crippen MR) is 57.8 cm³/mol. The van der Waals surface area contributed by atoms with E-state index in [0.717, 1.165) is 30.5 Å². The first-order valence-electron chi connectivity index (χ1n) is 4.91. The molecule has 0 bridgehead atoms. The molecule has 1 saturated heterocycles. The highest BCUT2D eigenvalue weighted by Gasteiger charge is 2.22. The summed E-state index contributed by atoms with van der Waals surface area (Å²) in [5, 5.41) is 8.21. The van der Waals surface area contributed by atoms with Gasteiger partial charge in [-0.2, -0.15) is 5.10 Å². The molecule has 0 spiro atoms. The Hall–Kier alpha value is -0.830. The fourth-order valence-electron chi connectivity index (χ4n) is 1.73. The first-order valence-corrected chi connectivity index (χ1v) is 5.44. The maximum atomic E-state index is 5.82. The van der Waals surface area contributed by atoms with Gasteiger partial charge in [0, 0.05) is 19.0 Å². The number of aryl methyl sites for hydroxylation is 1. The van der Waals surface area contributed by atoms with Crippen LogP contribution in [-0.4, -0.2) is 29.2 Å². The van der Waals surface area contributed by atoms with Crippen molar-refractivity contribution in [3.05, 3.63) is 17.8 Å². The van der Waals surface area contributed by atoms with Crippen molar-refractivity contribution in [2.24, 2.45) is 5.92 Å². The molecule has 14 heavy (non-hydrogen) atoms. The molecule has 1 aliphatic heterocycles. The quantitative estimate of drug-likeness (QED) is 0.700. The van der Waals surface area contributed by atoms with Gasteiger partial charge in [-0.15, -0.1) is 16.7 Å². The van der Waals surface area contributed by atoms with Crippen LogP contribution >= 0.6 is 11.6 Å². The second-order valence-corrected chi connectivity index (χ2v) is 4.10. The second-order valence-electron chi connectivity index (χ2n) is 3.79. The molecule has 1 atom stereocenters. The molecule has 0 aliphatic carbocycles. The van der Waals surface area contributed by atoms with E-state index in [9.17, 15) is 0 Å². The maximum Gasteiger partial charge on any atom is 0.151 e. The van der Waals surface area contributed by atoms with Crippen molar-refractivity contribution in [1.29, 1.82) is 0 Å². The molecule has 0 saturated carbocycles. The van der Waals surface area contributed by atoms with E-state index in [1.54, 1.807) is 0 Å². The average molecular weight is 212 g/mol. The van der Waals surface area contributed by atoms with Crippen molar-refractivity contribution in [3.63, 3.8) is 0 Å². The highest BCUT2D eigenvalue weighted by atomic mass is 35.5. The van der Waals surface area contributed by atoms with Crippen LogP contribution in [0, 0.1) is 12.8 Å². The summed E-state index contributed by atoms with van der Waals surface area (Å²) in [5.74, 6) is 2.33. The lowest BCUT2D eigenvalue weighted by molar-refractivity contribution is 0.666. The van der Waals surface area contributed by atoms with Gasteiger partial charge in [0.25, 0.3) is 0 Å². The normalized spacial score (nSPS) is 21.6. The van der Waals surface area contributed by atoms with Crippen molar-refractivity contribution < 1.29 is 0 Å². The zero-order valence-corrected chi connectivity index (χ0v) is 9.04. The molecule has 0 amide bonds. The fourth-order valence-corrected chi connectivity index (χ4v) is 1.98. The van der Waals surface area contributed by atoms with E-state index in [-0.39, 0.29) is 0 Å². The molecular formula is C10H14ClN3. The molecule has 76 valence electrons. The topological polar surface area (TPSA) is 29.0 Å². The van der Waals surface area contributed by atoms with Crippen LogP contribution in [-0.2, 0) is 0 Å². The highest BCUT2D eigenvalue weighted by Crippen LogP contribution is 2.22. The SMILES string of the molecule is Cc1ccc(N2CCC(CCl)C2)nn1. The van der Waals surface area contributed by atoms with E-state index in [2.05, 4.69) is 15.1 Å². The summed E-state index contributed by atoms with van der Waals surface area (Å²) in [6, 6.07) is 4.02. The molecule has 1 aromatic heterocycles. The third kappa shape index (κ3) is 1.98. The van der Waals surface area contributed by atoms with Crippen LogP contribution in [0.4, 0.5) is 5.82 Å². The molecule has 3 nitrogen and oxygen atoms in total. The Morgan fingerprint density at radius 1 is 1.50 bits per heavy atom. The molecule has 1 fully saturated rings. The first-order chi connectivity index (χ1) is 6.79. The van der Waals surface area contributed by atoms with Crippen LogP contribution in [0.2, 0.25) is 0 Å². The van der Waals surface area contributed by atoms with Crippen molar-refractivity contribution >= 4 is 17.4 Å². The van der Waals surface area contributed by atoms with Gasteiger partial charge in [-0.1, -0.05) is 0 Å². The summed E-state index contributed by atoms with van der Waals surface area (Å²) in [6.45, 7) is 4.01. The maximum absolute atomic E-state index is 5.82. The minimum Gasteiger partial charge on any atom is -0.355 e. The third-order valence-electron chi connectivity index (χ3n) is 2.61. The van der Waals surface area contributed by atoms with Gasteiger partial charge in [-0.25, -0.2) is 0 Å². The van der Waals surface area contributed by atoms with Gasteiger partial charge >= 0.3 is 0 Å². The van der Waals surface area contributed by atoms with Crippen LogP contribution in [0.3, 0.4) is 0 Å². The molecule has 1 unspecified atom stereocenters. The Bertz CT molecular complexity index is 299. The lowest BCUT2D eigenvalue weighted by atomic mass is 10.2. The van der Waals surface area contributed by atoms with Crippen LogP contribution in [0.25, 0.3) is 0 Å². The first kappa shape index (κ1) is 9.71. The molecule has 1 aromatic rings. The highest BCUT2D eigenvalue weighted by molar-refractivity contribution is 6.18. The summed E-state index contributed by atoms with van der Waals surface area (Å²) >= 11 is 5.82. The number of hydrogen-bond donors (Lipinski definition) is 0. The van der Waals surface area contributed by atoms with E-state index in [1.165, 1.54) is 6.42 Å². The Balaban J connectivity index is 2.06. The van der Waals surface area contributed by atoms with Gasteiger partial charge in [0.1, 0.15) is 0 Å². The van der Waals surface area contributed by atoms with Gasteiger partial charge in [-0.05, 0) is 31.4 Å². The number of rotatable bonds is 2. The summed E-state index contributed by atoms with van der Waals surface area (Å²) in [6.07, 6.45) is 1.17. The van der Waals surface area contributed by atoms with Crippen molar-refractivity contribution in [2.75, 3.05) is 23.9 Å². The molecule has 0 radical (unpaired) electrons. The number of anilines is 1. The van der Waals surface area contributed by atoms with E-state index < -0.39 is 0 Å². The van der Waals surface area contributed by atoms with Crippen molar-refractivity contribution in [2.45, 2.75) is 13.3 Å². The van der Waals surface area contributed by atoms with Gasteiger partial charge in [0.2, 0.25) is 0 Å². The van der Waals surface area contributed by atoms with E-state index in [0.29, 0.717) is 5.92 Å². The van der Waals surface area contributed by atoms with Crippen molar-refractivity contribution in [3.8, 4) is 0 Å². The molecule has 0 aromatic carbocycles. The van der Waals surface area contributed by atoms with Gasteiger partial charge < -0.3 is 4.90 Å². The second kappa shape index (κ2) is 4.13. The third-order valence-corrected chi connectivity index (χ3v) is 3.05. The Kier molecular flexibility index (Phi) is 2.87. The molecule has 1 aliphatic rings. The van der Waals surface area contributed by atoms with Crippen molar-refractivity contribution in [1.82, 2.24) is 10.2 Å². The molecule has 2 rings (SSSR count). The number of nitrogens with zero attached hydrogens (tertiary/aromatic N) is 3. The largest absolute Gasteiger partial charge is 0.355 e. The van der Waals surface area contributed by atoms with Gasteiger partial charge in [0.05, 0.1) is 5.69 Å². The Morgan fingerprint density at radius 2 is 2.36 bits per heavy atom. The summed E-state index contributed by atoms with van der Waals surface area (Å²) in [7, 11) is 0. The summed E-state index contributed by atoms with van der Waals surface area (Å²) in [5.41, 5.74) is 0.960. The Labute approximate surface area is 89.1 Å². The predicted octanol–water partition coefficient (Wildman–Crippen LogP) is 1.85. The van der Waals surface area contributed by atoms with Crippen LogP contribution < -0.4 is 4.90 Å². The lowest BCUT2D eigenvalue weighted by Crippen LogP contribution is -2.21. The molecule has 2 heterocycles. The summed E-state index contributed by atoms with van der Waals surface area (Å²) < 4.78 is 0. The zero-order valence-electron chi connectivity index (χ0n) is 8.28. The molecular weight excluding hydrogens is 198 g/mol. The lowest BCUT2D eigenvalue weighted by Gasteiger charge is -2.15. The average Bonchev–Trinajstić information content (AvgIpc) is 2.67. The standard InChI is InChI=1S/C10H14ClN3/c1-8-2-3-10(13-12-8)14-5-4-9(6-11)7-14/h2-3,9H,4-7H2,1H3. The number of halogens is 1. The van der Waals surface area contributed by atoms with E-state index in [4.69, 9.17) is 11.6 Å². The molecule has 0 N–H and O–H groups in total. The van der Waals surface area contributed by atoms with Crippen LogP contribution in [0.1, 0.15) is 12.1 Å². The Morgan fingerprint density at radius 3 is 2.93 bits per heavy atom. The number of aromatic nitrogens is 2. The minimum atomic E-state index is 0.611. The number of hydrogen-bond acceptors (Lipinski definition) is 3. The van der Waals surface area contributed by atoms with Gasteiger partial charge in [-0.3, -0.25) is 0 Å². The van der Waals surface area contributed by atoms with Crippen LogP contribution in [0.15, 0.2) is 12.1 Å². The molecule has 4 heteroatoms. The van der Waals surface area contributed by atoms with Crippen LogP contribution in [0.5, 0.6) is 0 Å². The van der Waals surface area contributed by atoms with Gasteiger partial charge in [0.15, 0.2) is 5.82 Å². The van der Waals surface area contributed by atoms with E-state index in [1.807, 2.05) is 19.1 Å².